The minimum absolute atomic E-state index is 0.0372. The van der Waals surface area contributed by atoms with Gasteiger partial charge in [0.2, 0.25) is 0 Å². The van der Waals surface area contributed by atoms with Gasteiger partial charge in [-0.3, -0.25) is 0 Å². The van der Waals surface area contributed by atoms with Crippen LogP contribution < -0.4 is 0 Å². The summed E-state index contributed by atoms with van der Waals surface area (Å²) in [6.07, 6.45) is 8.08. The van der Waals surface area contributed by atoms with Crippen LogP contribution >= 0.6 is 0 Å². The molecule has 0 aromatic heterocycles. The van der Waals surface area contributed by atoms with Crippen LogP contribution in [-0.4, -0.2) is 0 Å². The van der Waals surface area contributed by atoms with Crippen molar-refractivity contribution in [3.8, 4) is 0 Å². The van der Waals surface area contributed by atoms with Gasteiger partial charge < -0.3 is 0 Å². The molecule has 0 nitrogen and oxygen atoms in total. The average Bonchev–Trinajstić information content (AvgIpc) is 2.31. The Labute approximate surface area is 99.0 Å². The molecule has 0 saturated carbocycles. The Kier molecular flexibility index (Phi) is 4.30. The van der Waals surface area contributed by atoms with Crippen LogP contribution in [0, 0.1) is 0 Å². The molecule has 0 aliphatic carbocycles. The lowest BCUT2D eigenvalue weighted by Gasteiger charge is -2.27. The number of rotatable bonds is 4. The zero-order chi connectivity index (χ0) is 12.0. The lowest BCUT2D eigenvalue weighted by atomic mass is 9.77. The second-order valence-electron chi connectivity index (χ2n) is 4.33. The fourth-order valence-electron chi connectivity index (χ4n) is 1.86. The fraction of sp³-hybridized carbons (Fsp3) is 0.250. The maximum atomic E-state index is 3.71. The largest absolute Gasteiger partial charge is 0.0991 e. The summed E-state index contributed by atoms with van der Waals surface area (Å²) < 4.78 is 0. The van der Waals surface area contributed by atoms with Gasteiger partial charge in [0.05, 0.1) is 0 Å². The van der Waals surface area contributed by atoms with Gasteiger partial charge in [0.1, 0.15) is 0 Å². The van der Waals surface area contributed by atoms with E-state index >= 15 is 0 Å². The number of allylic oxidation sites excluding steroid dienone is 5. The minimum atomic E-state index is 0.0372. The number of hydrogen-bond acceptors (Lipinski definition) is 0. The van der Waals surface area contributed by atoms with Crippen LogP contribution in [0.15, 0.2) is 66.8 Å². The van der Waals surface area contributed by atoms with Crippen LogP contribution in [0.25, 0.3) is 0 Å². The molecule has 84 valence electrons. The average molecular weight is 212 g/mol. The molecule has 0 amide bonds. The molecule has 0 bridgehead atoms. The van der Waals surface area contributed by atoms with Gasteiger partial charge in [-0.25, -0.2) is 0 Å². The summed E-state index contributed by atoms with van der Waals surface area (Å²) in [5.41, 5.74) is 2.67. The Hall–Kier alpha value is -1.56. The molecule has 0 unspecified atom stereocenters. The highest BCUT2D eigenvalue weighted by molar-refractivity contribution is 5.40. The molecule has 0 saturated heterocycles. The molecule has 0 heteroatoms. The van der Waals surface area contributed by atoms with Crippen molar-refractivity contribution in [2.75, 3.05) is 0 Å². The summed E-state index contributed by atoms with van der Waals surface area (Å²) in [5, 5.41) is 0. The van der Waals surface area contributed by atoms with Crippen molar-refractivity contribution >= 4 is 0 Å². The fourth-order valence-corrected chi connectivity index (χ4v) is 1.86. The normalized spacial score (nSPS) is 13.1. The first-order valence-corrected chi connectivity index (χ1v) is 5.64. The Morgan fingerprint density at radius 1 is 1.19 bits per heavy atom. The minimum Gasteiger partial charge on any atom is -0.0991 e. The molecule has 0 radical (unpaired) electrons. The van der Waals surface area contributed by atoms with Gasteiger partial charge in [0, 0.05) is 5.41 Å². The van der Waals surface area contributed by atoms with E-state index in [4.69, 9.17) is 0 Å². The number of hydrogen-bond donors (Lipinski definition) is 0. The molecule has 0 atom stereocenters. The molecule has 0 fully saturated rings. The van der Waals surface area contributed by atoms with Crippen LogP contribution in [0.3, 0.4) is 0 Å². The first-order chi connectivity index (χ1) is 7.62. The SMILES string of the molecule is C=C/C=C\C(=C/C)C(C)(C)c1ccccc1. The molecule has 1 rings (SSSR count). The van der Waals surface area contributed by atoms with E-state index in [2.05, 4.69) is 69.8 Å². The van der Waals surface area contributed by atoms with Crippen LogP contribution in [0.2, 0.25) is 0 Å². The summed E-state index contributed by atoms with van der Waals surface area (Å²) in [4.78, 5) is 0. The van der Waals surface area contributed by atoms with E-state index in [-0.39, 0.29) is 5.41 Å². The Bertz CT molecular complexity index is 391. The molecule has 16 heavy (non-hydrogen) atoms. The molecule has 0 heterocycles. The molecule has 0 spiro atoms. The Morgan fingerprint density at radius 3 is 2.31 bits per heavy atom. The first kappa shape index (κ1) is 12.5. The molecular formula is C16H20. The van der Waals surface area contributed by atoms with Gasteiger partial charge in [0.15, 0.2) is 0 Å². The molecule has 0 aliphatic rings. The lowest BCUT2D eigenvalue weighted by Crippen LogP contribution is -2.19. The molecule has 1 aromatic rings. The van der Waals surface area contributed by atoms with Crippen molar-refractivity contribution in [2.45, 2.75) is 26.2 Å². The smallest absolute Gasteiger partial charge is 0.0143 e. The zero-order valence-corrected chi connectivity index (χ0v) is 10.4. The second kappa shape index (κ2) is 5.50. The van der Waals surface area contributed by atoms with Crippen LogP contribution in [0.5, 0.6) is 0 Å². The van der Waals surface area contributed by atoms with Crippen molar-refractivity contribution in [1.29, 1.82) is 0 Å². The van der Waals surface area contributed by atoms with Gasteiger partial charge in [-0.2, -0.15) is 0 Å². The highest BCUT2D eigenvalue weighted by Gasteiger charge is 2.22. The first-order valence-electron chi connectivity index (χ1n) is 5.64. The molecule has 1 aromatic carbocycles. The molecule has 0 N–H and O–H groups in total. The highest BCUT2D eigenvalue weighted by Crippen LogP contribution is 2.31. The van der Waals surface area contributed by atoms with Crippen molar-refractivity contribution in [1.82, 2.24) is 0 Å². The van der Waals surface area contributed by atoms with Crippen molar-refractivity contribution in [3.63, 3.8) is 0 Å². The van der Waals surface area contributed by atoms with Crippen LogP contribution in [0.4, 0.5) is 0 Å². The standard InChI is InChI=1S/C16H20/c1-5-7-11-14(6-2)16(3,4)15-12-9-8-10-13-15/h5-13H,1H2,2-4H3/b11-7-,14-6+. The van der Waals surface area contributed by atoms with E-state index in [1.165, 1.54) is 11.1 Å². The van der Waals surface area contributed by atoms with Gasteiger partial charge in [0.25, 0.3) is 0 Å². The monoisotopic (exact) mass is 212 g/mol. The predicted octanol–water partition coefficient (Wildman–Crippen LogP) is 4.65. The van der Waals surface area contributed by atoms with Crippen molar-refractivity contribution in [2.24, 2.45) is 0 Å². The molecule has 0 aliphatic heterocycles. The van der Waals surface area contributed by atoms with E-state index in [1.807, 2.05) is 12.2 Å². The number of benzene rings is 1. The van der Waals surface area contributed by atoms with E-state index < -0.39 is 0 Å². The maximum absolute atomic E-state index is 3.71. The third-order valence-electron chi connectivity index (χ3n) is 2.94. The van der Waals surface area contributed by atoms with Gasteiger partial charge in [-0.05, 0) is 18.1 Å². The van der Waals surface area contributed by atoms with Gasteiger partial charge in [-0.15, -0.1) is 0 Å². The predicted molar refractivity (Wildman–Crippen MR) is 72.6 cm³/mol. The summed E-state index contributed by atoms with van der Waals surface area (Å²) >= 11 is 0. The van der Waals surface area contributed by atoms with Gasteiger partial charge >= 0.3 is 0 Å². The molecular weight excluding hydrogens is 192 g/mol. The highest BCUT2D eigenvalue weighted by atomic mass is 14.3. The summed E-state index contributed by atoms with van der Waals surface area (Å²) in [5.74, 6) is 0. The van der Waals surface area contributed by atoms with E-state index in [9.17, 15) is 0 Å². The third-order valence-corrected chi connectivity index (χ3v) is 2.94. The zero-order valence-electron chi connectivity index (χ0n) is 10.4. The van der Waals surface area contributed by atoms with Crippen LogP contribution in [-0.2, 0) is 5.41 Å². The third kappa shape index (κ3) is 2.73. The van der Waals surface area contributed by atoms with Crippen molar-refractivity contribution in [3.05, 3.63) is 72.4 Å². The Morgan fingerprint density at radius 2 is 1.81 bits per heavy atom. The summed E-state index contributed by atoms with van der Waals surface area (Å²) in [7, 11) is 0. The van der Waals surface area contributed by atoms with Crippen molar-refractivity contribution < 1.29 is 0 Å². The summed E-state index contributed by atoms with van der Waals surface area (Å²) in [6.45, 7) is 10.3. The van der Waals surface area contributed by atoms with Crippen LogP contribution in [0.1, 0.15) is 26.3 Å². The maximum Gasteiger partial charge on any atom is 0.0143 e. The second-order valence-corrected chi connectivity index (χ2v) is 4.33. The lowest BCUT2D eigenvalue weighted by molar-refractivity contribution is 0.638. The Balaban J connectivity index is 3.09. The quantitative estimate of drug-likeness (QED) is 0.637. The summed E-state index contributed by atoms with van der Waals surface area (Å²) in [6, 6.07) is 10.6. The van der Waals surface area contributed by atoms with E-state index in [1.54, 1.807) is 0 Å². The van der Waals surface area contributed by atoms with E-state index in [0.717, 1.165) is 0 Å². The van der Waals surface area contributed by atoms with E-state index in [0.29, 0.717) is 0 Å². The van der Waals surface area contributed by atoms with Gasteiger partial charge in [-0.1, -0.05) is 75.1 Å². The topological polar surface area (TPSA) is 0 Å².